The zero-order chi connectivity index (χ0) is 23.4. The Morgan fingerprint density at radius 2 is 1.85 bits per heavy atom. The smallest absolute Gasteiger partial charge is 0.300 e. The minimum absolute atomic E-state index is 0.0567. The van der Waals surface area contributed by atoms with E-state index in [1.54, 1.807) is 13.3 Å². The second-order valence-corrected chi connectivity index (χ2v) is 7.36. The van der Waals surface area contributed by atoms with E-state index in [4.69, 9.17) is 4.74 Å². The summed E-state index contributed by atoms with van der Waals surface area (Å²) in [5.74, 6) is -0.859. The number of nitrogens with zero attached hydrogens (tertiary/aromatic N) is 4. The highest BCUT2D eigenvalue weighted by Gasteiger charge is 2.13. The molecule has 1 amide bonds. The van der Waals surface area contributed by atoms with E-state index in [0.29, 0.717) is 25.2 Å². The Morgan fingerprint density at radius 1 is 1.06 bits per heavy atom. The summed E-state index contributed by atoms with van der Waals surface area (Å²) in [5.41, 5.74) is 0.685. The minimum Gasteiger partial charge on any atom is -0.497 e. The lowest BCUT2D eigenvalue weighted by molar-refractivity contribution is -0.121. The first kappa shape index (κ1) is 22.1. The van der Waals surface area contributed by atoms with E-state index >= 15 is 0 Å². The molecule has 10 heteroatoms. The van der Waals surface area contributed by atoms with Crippen LogP contribution in [-0.4, -0.2) is 32.2 Å². The SMILES string of the molecule is COc1ccc(CNC(=O)CCCc2nnc3c(=O)n(-c4ccc(F)c(F)c4)ccn23)cc1. The van der Waals surface area contributed by atoms with E-state index in [1.807, 2.05) is 24.3 Å². The van der Waals surface area contributed by atoms with Crippen molar-refractivity contribution in [2.75, 3.05) is 7.11 Å². The average molecular weight is 453 g/mol. The van der Waals surface area contributed by atoms with E-state index in [-0.39, 0.29) is 23.7 Å². The summed E-state index contributed by atoms with van der Waals surface area (Å²) >= 11 is 0. The number of halogens is 2. The molecule has 2 heterocycles. The van der Waals surface area contributed by atoms with Gasteiger partial charge in [0.05, 0.1) is 12.8 Å². The molecule has 1 N–H and O–H groups in total. The van der Waals surface area contributed by atoms with Crippen molar-refractivity contribution in [3.05, 3.63) is 88.2 Å². The van der Waals surface area contributed by atoms with Gasteiger partial charge in [-0.25, -0.2) is 8.78 Å². The largest absolute Gasteiger partial charge is 0.497 e. The molecule has 4 rings (SSSR count). The van der Waals surface area contributed by atoms with Crippen LogP contribution in [0.2, 0.25) is 0 Å². The molecule has 2 aromatic heterocycles. The van der Waals surface area contributed by atoms with E-state index in [2.05, 4.69) is 15.5 Å². The number of fused-ring (bicyclic) bond motifs is 1. The molecule has 0 aliphatic rings. The summed E-state index contributed by atoms with van der Waals surface area (Å²) in [5, 5.41) is 10.8. The van der Waals surface area contributed by atoms with Crippen LogP contribution in [-0.2, 0) is 17.8 Å². The summed E-state index contributed by atoms with van der Waals surface area (Å²) in [6.07, 6.45) is 4.26. The van der Waals surface area contributed by atoms with Crippen molar-refractivity contribution < 1.29 is 18.3 Å². The number of rotatable bonds is 8. The Morgan fingerprint density at radius 3 is 2.58 bits per heavy atom. The summed E-state index contributed by atoms with van der Waals surface area (Å²) in [6.45, 7) is 0.417. The van der Waals surface area contributed by atoms with Gasteiger partial charge in [-0.2, -0.15) is 0 Å². The second kappa shape index (κ2) is 9.60. The number of carbonyl (C=O) groups excluding carboxylic acids is 1. The molecular formula is C23H21F2N5O3. The maximum absolute atomic E-state index is 13.5. The van der Waals surface area contributed by atoms with Crippen molar-refractivity contribution in [1.82, 2.24) is 24.5 Å². The maximum Gasteiger partial charge on any atom is 0.300 e. The van der Waals surface area contributed by atoms with Crippen LogP contribution in [0.4, 0.5) is 8.78 Å². The van der Waals surface area contributed by atoms with Crippen LogP contribution in [0.1, 0.15) is 24.2 Å². The lowest BCUT2D eigenvalue weighted by atomic mass is 10.2. The van der Waals surface area contributed by atoms with Crippen LogP contribution < -0.4 is 15.6 Å². The van der Waals surface area contributed by atoms with Gasteiger partial charge in [0, 0.05) is 37.8 Å². The first-order valence-electron chi connectivity index (χ1n) is 10.3. The topological polar surface area (TPSA) is 90.5 Å². The third-order valence-electron chi connectivity index (χ3n) is 5.18. The first-order valence-corrected chi connectivity index (χ1v) is 10.3. The van der Waals surface area contributed by atoms with Crippen LogP contribution >= 0.6 is 0 Å². The lowest BCUT2D eigenvalue weighted by Crippen LogP contribution is -2.22. The summed E-state index contributed by atoms with van der Waals surface area (Å²) in [4.78, 5) is 24.9. The van der Waals surface area contributed by atoms with Gasteiger partial charge in [0.25, 0.3) is 0 Å². The average Bonchev–Trinajstić information content (AvgIpc) is 3.24. The number of ether oxygens (including phenoxy) is 1. The lowest BCUT2D eigenvalue weighted by Gasteiger charge is -2.07. The van der Waals surface area contributed by atoms with E-state index in [1.165, 1.54) is 21.2 Å². The molecule has 0 aliphatic heterocycles. The summed E-state index contributed by atoms with van der Waals surface area (Å²) in [7, 11) is 1.59. The number of carbonyl (C=O) groups is 1. The van der Waals surface area contributed by atoms with Gasteiger partial charge in [0.1, 0.15) is 11.6 Å². The summed E-state index contributed by atoms with van der Waals surface area (Å²) < 4.78 is 34.5. The van der Waals surface area contributed by atoms with Gasteiger partial charge >= 0.3 is 5.56 Å². The van der Waals surface area contributed by atoms with Gasteiger partial charge in [-0.15, -0.1) is 10.2 Å². The monoisotopic (exact) mass is 453 g/mol. The molecule has 0 spiro atoms. The fourth-order valence-corrected chi connectivity index (χ4v) is 3.38. The molecule has 0 bridgehead atoms. The molecule has 0 atom stereocenters. The van der Waals surface area contributed by atoms with Gasteiger partial charge in [-0.05, 0) is 36.2 Å². The van der Waals surface area contributed by atoms with Crippen molar-refractivity contribution >= 4 is 11.6 Å². The molecule has 2 aromatic carbocycles. The predicted octanol–water partition coefficient (Wildman–Crippen LogP) is 2.81. The molecular weight excluding hydrogens is 432 g/mol. The molecule has 0 saturated heterocycles. The molecule has 4 aromatic rings. The Kier molecular flexibility index (Phi) is 6.43. The number of aryl methyl sites for hydroxylation is 1. The quantitative estimate of drug-likeness (QED) is 0.443. The number of hydrogen-bond donors (Lipinski definition) is 1. The Balaban J connectivity index is 1.37. The number of methoxy groups -OCH3 is 1. The van der Waals surface area contributed by atoms with Crippen molar-refractivity contribution in [1.29, 1.82) is 0 Å². The van der Waals surface area contributed by atoms with Crippen LogP contribution in [0.15, 0.2) is 59.7 Å². The van der Waals surface area contributed by atoms with E-state index in [9.17, 15) is 18.4 Å². The number of aromatic nitrogens is 4. The fraction of sp³-hybridized carbons (Fsp3) is 0.217. The van der Waals surface area contributed by atoms with Crippen molar-refractivity contribution in [3.63, 3.8) is 0 Å². The first-order chi connectivity index (χ1) is 16.0. The highest BCUT2D eigenvalue weighted by Crippen LogP contribution is 2.13. The Bertz CT molecular complexity index is 1350. The molecule has 33 heavy (non-hydrogen) atoms. The maximum atomic E-state index is 13.5. The number of hydrogen-bond acceptors (Lipinski definition) is 5. The van der Waals surface area contributed by atoms with E-state index < -0.39 is 17.2 Å². The van der Waals surface area contributed by atoms with Gasteiger partial charge < -0.3 is 10.1 Å². The van der Waals surface area contributed by atoms with Crippen molar-refractivity contribution in [2.45, 2.75) is 25.8 Å². The number of amides is 1. The molecule has 0 fully saturated rings. The van der Waals surface area contributed by atoms with E-state index in [0.717, 1.165) is 23.4 Å². The third kappa shape index (κ3) is 4.89. The number of nitrogens with one attached hydrogen (secondary N) is 1. The molecule has 0 aliphatic carbocycles. The van der Waals surface area contributed by atoms with Gasteiger partial charge in [-0.1, -0.05) is 12.1 Å². The molecule has 0 saturated carbocycles. The minimum atomic E-state index is -1.05. The molecule has 170 valence electrons. The van der Waals surface area contributed by atoms with Crippen LogP contribution in [0.3, 0.4) is 0 Å². The molecule has 8 nitrogen and oxygen atoms in total. The standard InChI is InChI=1S/C23H21F2N5O3/c1-33-17-8-5-15(6-9-17)14-26-21(31)4-2-3-20-27-28-22-23(32)29(11-12-30(20)22)16-7-10-18(24)19(25)13-16/h5-13H,2-4,14H2,1H3,(H,26,31). The van der Waals surface area contributed by atoms with Gasteiger partial charge in [-0.3, -0.25) is 18.6 Å². The van der Waals surface area contributed by atoms with Gasteiger partial charge in [0.15, 0.2) is 11.6 Å². The van der Waals surface area contributed by atoms with Crippen LogP contribution in [0, 0.1) is 11.6 Å². The zero-order valence-corrected chi connectivity index (χ0v) is 17.8. The normalized spacial score (nSPS) is 11.0. The summed E-state index contributed by atoms with van der Waals surface area (Å²) in [6, 6.07) is 10.6. The van der Waals surface area contributed by atoms with Crippen LogP contribution in [0.25, 0.3) is 11.3 Å². The van der Waals surface area contributed by atoms with Crippen molar-refractivity contribution in [2.24, 2.45) is 0 Å². The highest BCUT2D eigenvalue weighted by atomic mass is 19.2. The molecule has 0 unspecified atom stereocenters. The zero-order valence-electron chi connectivity index (χ0n) is 17.8. The Hall–Kier alpha value is -4.08. The van der Waals surface area contributed by atoms with Crippen molar-refractivity contribution in [3.8, 4) is 11.4 Å². The predicted molar refractivity (Wildman–Crippen MR) is 116 cm³/mol. The number of benzene rings is 2. The molecule has 0 radical (unpaired) electrons. The van der Waals surface area contributed by atoms with Gasteiger partial charge in [0.2, 0.25) is 11.6 Å². The second-order valence-electron chi connectivity index (χ2n) is 7.36. The highest BCUT2D eigenvalue weighted by molar-refractivity contribution is 5.75. The Labute approximate surface area is 187 Å². The fourth-order valence-electron chi connectivity index (χ4n) is 3.38. The third-order valence-corrected chi connectivity index (χ3v) is 5.18. The van der Waals surface area contributed by atoms with Crippen LogP contribution in [0.5, 0.6) is 5.75 Å².